The summed E-state index contributed by atoms with van der Waals surface area (Å²) in [6.07, 6.45) is 1.14. The second-order valence-electron chi connectivity index (χ2n) is 5.82. The van der Waals surface area contributed by atoms with Gasteiger partial charge in [-0.25, -0.2) is 0 Å². The first-order valence-corrected chi connectivity index (χ1v) is 7.36. The number of nitriles is 1. The Hall–Kier alpha value is -1.44. The molecular weight excluding hydrogens is 288 g/mol. The van der Waals surface area contributed by atoms with Gasteiger partial charge in [-0.3, -0.25) is 0 Å². The van der Waals surface area contributed by atoms with Crippen LogP contribution in [0.4, 0.5) is 0 Å². The Labute approximate surface area is 132 Å². The fourth-order valence-electron chi connectivity index (χ4n) is 1.71. The lowest BCUT2D eigenvalue weighted by Gasteiger charge is -2.21. The standard InChI is InChI=1S/C16H23ClN2O2/c1-16(2,3)19-11-12-9-13(17)15(14(10-12)20-4)21-8-6-5-7-18/h9-10,19H,5-6,8,11H2,1-4H3. The molecule has 5 heteroatoms. The molecule has 1 N–H and O–H groups in total. The van der Waals surface area contributed by atoms with Crippen LogP contribution in [0.1, 0.15) is 39.2 Å². The Balaban J connectivity index is 2.79. The number of nitrogens with zero attached hydrogens (tertiary/aromatic N) is 1. The smallest absolute Gasteiger partial charge is 0.179 e. The molecule has 1 rings (SSSR count). The zero-order chi connectivity index (χ0) is 15.9. The average Bonchev–Trinajstić information content (AvgIpc) is 2.41. The van der Waals surface area contributed by atoms with Gasteiger partial charge in [0.15, 0.2) is 11.5 Å². The Bertz CT molecular complexity index is 504. The number of ether oxygens (including phenoxy) is 2. The molecule has 0 saturated heterocycles. The van der Waals surface area contributed by atoms with E-state index >= 15 is 0 Å². The van der Waals surface area contributed by atoms with E-state index in [0.29, 0.717) is 42.5 Å². The monoisotopic (exact) mass is 310 g/mol. The molecule has 0 radical (unpaired) electrons. The molecule has 0 spiro atoms. The summed E-state index contributed by atoms with van der Waals surface area (Å²) >= 11 is 6.28. The Morgan fingerprint density at radius 1 is 1.33 bits per heavy atom. The summed E-state index contributed by atoms with van der Waals surface area (Å²) in [7, 11) is 1.59. The molecule has 0 amide bonds. The summed E-state index contributed by atoms with van der Waals surface area (Å²) in [5, 5.41) is 12.4. The van der Waals surface area contributed by atoms with Crippen molar-refractivity contribution in [2.24, 2.45) is 0 Å². The van der Waals surface area contributed by atoms with E-state index in [1.54, 1.807) is 7.11 Å². The Morgan fingerprint density at radius 2 is 2.05 bits per heavy atom. The molecule has 0 saturated carbocycles. The van der Waals surface area contributed by atoms with Crippen LogP contribution in [0.25, 0.3) is 0 Å². The SMILES string of the molecule is COc1cc(CNC(C)(C)C)cc(Cl)c1OCCCC#N. The van der Waals surface area contributed by atoms with E-state index in [-0.39, 0.29) is 5.54 Å². The first-order chi connectivity index (χ1) is 9.87. The quantitative estimate of drug-likeness (QED) is 0.776. The molecule has 21 heavy (non-hydrogen) atoms. The lowest BCUT2D eigenvalue weighted by Crippen LogP contribution is -2.35. The normalized spacial score (nSPS) is 11.0. The summed E-state index contributed by atoms with van der Waals surface area (Å²) in [6, 6.07) is 5.88. The van der Waals surface area contributed by atoms with Crippen LogP contribution in [0.5, 0.6) is 11.5 Å². The van der Waals surface area contributed by atoms with Crippen molar-refractivity contribution in [1.82, 2.24) is 5.32 Å². The van der Waals surface area contributed by atoms with E-state index in [1.807, 2.05) is 12.1 Å². The summed E-state index contributed by atoms with van der Waals surface area (Å²) in [6.45, 7) is 7.48. The first kappa shape index (κ1) is 17.6. The van der Waals surface area contributed by atoms with Crippen molar-refractivity contribution < 1.29 is 9.47 Å². The van der Waals surface area contributed by atoms with Gasteiger partial charge < -0.3 is 14.8 Å². The van der Waals surface area contributed by atoms with Gasteiger partial charge in [0, 0.05) is 18.5 Å². The van der Waals surface area contributed by atoms with Crippen LogP contribution in [-0.2, 0) is 6.54 Å². The number of rotatable bonds is 7. The number of halogens is 1. The van der Waals surface area contributed by atoms with Gasteiger partial charge in [0.1, 0.15) is 0 Å². The topological polar surface area (TPSA) is 54.3 Å². The molecular formula is C16H23ClN2O2. The maximum Gasteiger partial charge on any atom is 0.179 e. The highest BCUT2D eigenvalue weighted by atomic mass is 35.5. The minimum absolute atomic E-state index is 0.0339. The predicted molar refractivity (Wildman–Crippen MR) is 84.9 cm³/mol. The fourth-order valence-corrected chi connectivity index (χ4v) is 2.00. The minimum Gasteiger partial charge on any atom is -0.493 e. The van der Waals surface area contributed by atoms with E-state index in [4.69, 9.17) is 26.3 Å². The van der Waals surface area contributed by atoms with Gasteiger partial charge >= 0.3 is 0 Å². The number of hydrogen-bond acceptors (Lipinski definition) is 4. The molecule has 0 fully saturated rings. The zero-order valence-electron chi connectivity index (χ0n) is 13.1. The molecule has 116 valence electrons. The van der Waals surface area contributed by atoms with Gasteiger partial charge in [0.25, 0.3) is 0 Å². The largest absolute Gasteiger partial charge is 0.493 e. The van der Waals surface area contributed by atoms with Gasteiger partial charge in [0.2, 0.25) is 0 Å². The third-order valence-corrected chi connectivity index (χ3v) is 3.07. The Kier molecular flexibility index (Phi) is 6.80. The van der Waals surface area contributed by atoms with E-state index in [2.05, 4.69) is 32.2 Å². The van der Waals surface area contributed by atoms with Gasteiger partial charge in [-0.2, -0.15) is 5.26 Å². The lowest BCUT2D eigenvalue weighted by molar-refractivity contribution is 0.290. The van der Waals surface area contributed by atoms with Crippen LogP contribution in [0.3, 0.4) is 0 Å². The van der Waals surface area contributed by atoms with Crippen molar-refractivity contribution in [1.29, 1.82) is 5.26 Å². The summed E-state index contributed by atoms with van der Waals surface area (Å²) in [5.41, 5.74) is 1.07. The van der Waals surface area contributed by atoms with E-state index in [9.17, 15) is 0 Å². The summed E-state index contributed by atoms with van der Waals surface area (Å²) in [5.74, 6) is 1.15. The highest BCUT2D eigenvalue weighted by molar-refractivity contribution is 6.32. The number of benzene rings is 1. The second kappa shape index (κ2) is 8.11. The predicted octanol–water partition coefficient (Wildman–Crippen LogP) is 3.92. The van der Waals surface area contributed by atoms with Crippen LogP contribution in [0, 0.1) is 11.3 Å². The number of unbranched alkanes of at least 4 members (excludes halogenated alkanes) is 1. The molecule has 1 aromatic rings. The van der Waals surface area contributed by atoms with E-state index in [0.717, 1.165) is 5.56 Å². The molecule has 0 aliphatic carbocycles. The molecule has 0 bridgehead atoms. The number of nitrogens with one attached hydrogen (secondary N) is 1. The number of methoxy groups -OCH3 is 1. The van der Waals surface area contributed by atoms with Crippen molar-refractivity contribution in [3.63, 3.8) is 0 Å². The molecule has 0 aliphatic heterocycles. The van der Waals surface area contributed by atoms with Crippen LogP contribution < -0.4 is 14.8 Å². The second-order valence-corrected chi connectivity index (χ2v) is 6.23. The maximum absolute atomic E-state index is 8.52. The third kappa shape index (κ3) is 6.24. The van der Waals surface area contributed by atoms with Gasteiger partial charge in [0.05, 0.1) is 24.8 Å². The molecule has 0 aromatic heterocycles. The zero-order valence-corrected chi connectivity index (χ0v) is 13.9. The average molecular weight is 311 g/mol. The molecule has 4 nitrogen and oxygen atoms in total. The van der Waals surface area contributed by atoms with Crippen molar-refractivity contribution >= 4 is 11.6 Å². The molecule has 0 atom stereocenters. The maximum atomic E-state index is 8.52. The van der Waals surface area contributed by atoms with Crippen LogP contribution in [0.15, 0.2) is 12.1 Å². The van der Waals surface area contributed by atoms with Gasteiger partial charge in [-0.15, -0.1) is 0 Å². The van der Waals surface area contributed by atoms with Gasteiger partial charge in [-0.05, 0) is 44.9 Å². The lowest BCUT2D eigenvalue weighted by atomic mass is 10.1. The fraction of sp³-hybridized carbons (Fsp3) is 0.562. The van der Waals surface area contributed by atoms with E-state index in [1.165, 1.54) is 0 Å². The van der Waals surface area contributed by atoms with Gasteiger partial charge in [-0.1, -0.05) is 11.6 Å². The van der Waals surface area contributed by atoms with Crippen LogP contribution >= 0.6 is 11.6 Å². The highest BCUT2D eigenvalue weighted by Crippen LogP contribution is 2.36. The first-order valence-electron chi connectivity index (χ1n) is 6.98. The number of hydrogen-bond donors (Lipinski definition) is 1. The molecule has 0 unspecified atom stereocenters. The summed E-state index contributed by atoms with van der Waals surface area (Å²) < 4.78 is 11.0. The molecule has 0 aliphatic rings. The minimum atomic E-state index is 0.0339. The Morgan fingerprint density at radius 3 is 2.62 bits per heavy atom. The molecule has 0 heterocycles. The van der Waals surface area contributed by atoms with Crippen molar-refractivity contribution in [2.45, 2.75) is 45.7 Å². The third-order valence-electron chi connectivity index (χ3n) is 2.79. The van der Waals surface area contributed by atoms with Crippen molar-refractivity contribution in [3.8, 4) is 17.6 Å². The van der Waals surface area contributed by atoms with Crippen LogP contribution in [-0.4, -0.2) is 19.3 Å². The molecule has 1 aromatic carbocycles. The van der Waals surface area contributed by atoms with Crippen molar-refractivity contribution in [2.75, 3.05) is 13.7 Å². The van der Waals surface area contributed by atoms with E-state index < -0.39 is 0 Å². The van der Waals surface area contributed by atoms with Crippen LogP contribution in [0.2, 0.25) is 5.02 Å². The highest BCUT2D eigenvalue weighted by Gasteiger charge is 2.14. The summed E-state index contributed by atoms with van der Waals surface area (Å²) in [4.78, 5) is 0. The van der Waals surface area contributed by atoms with Crippen molar-refractivity contribution in [3.05, 3.63) is 22.7 Å².